The first kappa shape index (κ1) is 21.5. The largest absolute Gasteiger partial charge is 0.492 e. The van der Waals surface area contributed by atoms with E-state index in [0.29, 0.717) is 0 Å². The summed E-state index contributed by atoms with van der Waals surface area (Å²) in [7, 11) is -4.35. The van der Waals surface area contributed by atoms with Crippen molar-refractivity contribution in [3.63, 3.8) is 0 Å². The lowest BCUT2D eigenvalue weighted by Crippen LogP contribution is -2.18. The van der Waals surface area contributed by atoms with Crippen LogP contribution in [0.1, 0.15) is 25.8 Å². The van der Waals surface area contributed by atoms with E-state index in [9.17, 15) is 26.4 Å². The molecule has 10 heteroatoms. The Morgan fingerprint density at radius 3 is 2.36 bits per heavy atom. The molecule has 152 valence electrons. The summed E-state index contributed by atoms with van der Waals surface area (Å²) in [6, 6.07) is 7.91. The quantitative estimate of drug-likeness (QED) is 0.707. The number of hydrogen-bond donors (Lipinski definition) is 2. The van der Waals surface area contributed by atoms with Gasteiger partial charge in [0.15, 0.2) is 0 Å². The van der Waals surface area contributed by atoms with E-state index >= 15 is 0 Å². The molecule has 2 aromatic carbocycles. The van der Waals surface area contributed by atoms with E-state index in [-0.39, 0.29) is 35.3 Å². The van der Waals surface area contributed by atoms with Gasteiger partial charge in [0.25, 0.3) is 10.0 Å². The molecular formula is C18H19F3N2O4S. The highest BCUT2D eigenvalue weighted by atomic mass is 32.2. The minimum absolute atomic E-state index is 0.112. The van der Waals surface area contributed by atoms with Gasteiger partial charge >= 0.3 is 6.18 Å². The first-order valence-electron chi connectivity index (χ1n) is 8.34. The van der Waals surface area contributed by atoms with Crippen LogP contribution in [0.25, 0.3) is 0 Å². The monoisotopic (exact) mass is 416 g/mol. The highest BCUT2D eigenvalue weighted by Crippen LogP contribution is 2.36. The molecule has 0 atom stereocenters. The Kier molecular flexibility index (Phi) is 6.55. The van der Waals surface area contributed by atoms with Crippen LogP contribution < -0.4 is 14.8 Å². The smallest absolute Gasteiger partial charge is 0.418 e. The summed E-state index contributed by atoms with van der Waals surface area (Å²) >= 11 is 0. The van der Waals surface area contributed by atoms with E-state index < -0.39 is 27.5 Å². The Morgan fingerprint density at radius 1 is 1.07 bits per heavy atom. The molecule has 0 fully saturated rings. The summed E-state index contributed by atoms with van der Waals surface area (Å²) < 4.78 is 71.9. The standard InChI is InChI=1S/C18H19F3N2O4S/c1-3-17(24)22-15-11-12(9-10-16(15)27-4-2)28(25,26)23-14-8-6-5-7-13(14)18(19,20)21/h5-11,23H,3-4H2,1-2H3,(H,22,24). The number of carbonyl (C=O) groups excluding carboxylic acids is 1. The molecule has 0 aliphatic carbocycles. The van der Waals surface area contributed by atoms with Crippen LogP contribution in [0, 0.1) is 0 Å². The first-order valence-corrected chi connectivity index (χ1v) is 9.82. The zero-order valence-electron chi connectivity index (χ0n) is 15.1. The number of hydrogen-bond acceptors (Lipinski definition) is 4. The number of amides is 1. The first-order chi connectivity index (χ1) is 13.1. The number of ether oxygens (including phenoxy) is 1. The average Bonchev–Trinajstić information content (AvgIpc) is 2.62. The molecule has 0 unspecified atom stereocenters. The molecule has 0 aliphatic heterocycles. The van der Waals surface area contributed by atoms with E-state index in [1.54, 1.807) is 13.8 Å². The molecule has 0 aliphatic rings. The van der Waals surface area contributed by atoms with Crippen molar-refractivity contribution in [1.29, 1.82) is 0 Å². The summed E-state index contributed by atoms with van der Waals surface area (Å²) in [6.45, 7) is 3.61. The SMILES string of the molecule is CCOc1ccc(S(=O)(=O)Nc2ccccc2C(F)(F)F)cc1NC(=O)CC. The van der Waals surface area contributed by atoms with E-state index in [1.807, 2.05) is 4.72 Å². The maximum Gasteiger partial charge on any atom is 0.418 e. The number of anilines is 2. The fourth-order valence-electron chi connectivity index (χ4n) is 2.32. The number of benzene rings is 2. The van der Waals surface area contributed by atoms with Gasteiger partial charge in [-0.05, 0) is 37.3 Å². The van der Waals surface area contributed by atoms with Crippen LogP contribution in [0.15, 0.2) is 47.4 Å². The van der Waals surface area contributed by atoms with Crippen molar-refractivity contribution in [1.82, 2.24) is 0 Å². The number of rotatable bonds is 7. The molecule has 0 bridgehead atoms. The highest BCUT2D eigenvalue weighted by Gasteiger charge is 2.34. The normalized spacial score (nSPS) is 11.8. The van der Waals surface area contributed by atoms with Gasteiger partial charge in [-0.1, -0.05) is 19.1 Å². The second-order valence-corrected chi connectivity index (χ2v) is 7.32. The Bertz CT molecular complexity index is 960. The molecule has 6 nitrogen and oxygen atoms in total. The third-order valence-corrected chi connectivity index (χ3v) is 5.00. The Balaban J connectivity index is 2.44. The van der Waals surface area contributed by atoms with Crippen molar-refractivity contribution in [2.75, 3.05) is 16.6 Å². The van der Waals surface area contributed by atoms with Crippen molar-refractivity contribution in [2.24, 2.45) is 0 Å². The van der Waals surface area contributed by atoms with Crippen LogP contribution in [0.3, 0.4) is 0 Å². The highest BCUT2D eigenvalue weighted by molar-refractivity contribution is 7.92. The maximum atomic E-state index is 13.1. The molecule has 0 aromatic heterocycles. The average molecular weight is 416 g/mol. The predicted octanol–water partition coefficient (Wildman–Crippen LogP) is 4.25. The van der Waals surface area contributed by atoms with Gasteiger partial charge in [-0.3, -0.25) is 9.52 Å². The molecule has 2 N–H and O–H groups in total. The molecule has 1 amide bonds. The van der Waals surface area contributed by atoms with Crippen LogP contribution in [0.4, 0.5) is 24.5 Å². The third-order valence-electron chi connectivity index (χ3n) is 3.63. The molecule has 0 saturated heterocycles. The minimum Gasteiger partial charge on any atom is -0.492 e. The fraction of sp³-hybridized carbons (Fsp3) is 0.278. The number of nitrogens with one attached hydrogen (secondary N) is 2. The Hall–Kier alpha value is -2.75. The molecule has 2 aromatic rings. The van der Waals surface area contributed by atoms with Gasteiger partial charge in [-0.2, -0.15) is 13.2 Å². The molecule has 0 saturated carbocycles. The molecule has 0 heterocycles. The number of sulfonamides is 1. The van der Waals surface area contributed by atoms with Gasteiger partial charge in [0.05, 0.1) is 28.4 Å². The van der Waals surface area contributed by atoms with Gasteiger partial charge in [0.2, 0.25) is 5.91 Å². The van der Waals surface area contributed by atoms with Crippen molar-refractivity contribution < 1.29 is 31.1 Å². The van der Waals surface area contributed by atoms with Gasteiger partial charge < -0.3 is 10.1 Å². The van der Waals surface area contributed by atoms with E-state index in [1.165, 1.54) is 18.2 Å². The lowest BCUT2D eigenvalue weighted by Gasteiger charge is -2.16. The van der Waals surface area contributed by atoms with Crippen LogP contribution in [0.2, 0.25) is 0 Å². The number of para-hydroxylation sites is 1. The van der Waals surface area contributed by atoms with Crippen LogP contribution >= 0.6 is 0 Å². The lowest BCUT2D eigenvalue weighted by atomic mass is 10.2. The van der Waals surface area contributed by atoms with Crippen molar-refractivity contribution >= 4 is 27.3 Å². The van der Waals surface area contributed by atoms with Gasteiger partial charge in [0.1, 0.15) is 5.75 Å². The summed E-state index contributed by atoms with van der Waals surface area (Å²) in [5, 5.41) is 2.52. The topological polar surface area (TPSA) is 84.5 Å². The molecule has 2 rings (SSSR count). The molecular weight excluding hydrogens is 397 g/mol. The Morgan fingerprint density at radius 2 is 1.75 bits per heavy atom. The van der Waals surface area contributed by atoms with Crippen molar-refractivity contribution in [2.45, 2.75) is 31.3 Å². The predicted molar refractivity (Wildman–Crippen MR) is 98.8 cm³/mol. The number of carbonyl (C=O) groups is 1. The second-order valence-electron chi connectivity index (χ2n) is 5.64. The maximum absolute atomic E-state index is 13.1. The third kappa shape index (κ3) is 5.16. The minimum atomic E-state index is -4.72. The van der Waals surface area contributed by atoms with Gasteiger partial charge in [-0.15, -0.1) is 0 Å². The summed E-state index contributed by atoms with van der Waals surface area (Å²) in [5.41, 5.74) is -1.59. The zero-order valence-corrected chi connectivity index (χ0v) is 15.9. The van der Waals surface area contributed by atoms with Crippen LogP contribution in [-0.4, -0.2) is 20.9 Å². The zero-order chi connectivity index (χ0) is 20.9. The van der Waals surface area contributed by atoms with E-state index in [4.69, 9.17) is 4.74 Å². The second kappa shape index (κ2) is 8.51. The summed E-state index contributed by atoms with van der Waals surface area (Å²) in [6.07, 6.45) is -4.57. The van der Waals surface area contributed by atoms with Crippen molar-refractivity contribution in [3.8, 4) is 5.75 Å². The van der Waals surface area contributed by atoms with Crippen molar-refractivity contribution in [3.05, 3.63) is 48.0 Å². The lowest BCUT2D eigenvalue weighted by molar-refractivity contribution is -0.136. The van der Waals surface area contributed by atoms with Crippen LogP contribution in [0.5, 0.6) is 5.75 Å². The number of halogens is 3. The molecule has 28 heavy (non-hydrogen) atoms. The Labute approximate surface area is 160 Å². The summed E-state index contributed by atoms with van der Waals surface area (Å²) in [5.74, 6) is -0.121. The van der Waals surface area contributed by atoms with Gasteiger partial charge in [-0.25, -0.2) is 8.42 Å². The van der Waals surface area contributed by atoms with E-state index in [2.05, 4.69) is 5.32 Å². The summed E-state index contributed by atoms with van der Waals surface area (Å²) in [4.78, 5) is 11.4. The number of alkyl halides is 3. The van der Waals surface area contributed by atoms with E-state index in [0.717, 1.165) is 24.3 Å². The molecule has 0 radical (unpaired) electrons. The van der Waals surface area contributed by atoms with Gasteiger partial charge in [0, 0.05) is 6.42 Å². The fourth-order valence-corrected chi connectivity index (χ4v) is 3.42. The van der Waals surface area contributed by atoms with Crippen LogP contribution in [-0.2, 0) is 21.0 Å². The molecule has 0 spiro atoms.